The molecule has 0 aliphatic rings. The zero-order valence-electron chi connectivity index (χ0n) is 13.3. The number of benzene rings is 1. The van der Waals surface area contributed by atoms with Gasteiger partial charge < -0.3 is 9.73 Å². The second-order valence-corrected chi connectivity index (χ2v) is 7.62. The number of thioether (sulfide) groups is 1. The normalized spacial score (nSPS) is 10.5. The van der Waals surface area contributed by atoms with Crippen LogP contribution in [0.25, 0.3) is 0 Å². The first-order valence-corrected chi connectivity index (χ1v) is 9.60. The van der Waals surface area contributed by atoms with E-state index < -0.39 is 0 Å². The molecule has 0 atom stereocenters. The number of nitrogens with zero attached hydrogens (tertiary/aromatic N) is 2. The van der Waals surface area contributed by atoms with E-state index in [4.69, 9.17) is 16.0 Å². The van der Waals surface area contributed by atoms with Gasteiger partial charge in [0.1, 0.15) is 5.76 Å². The van der Waals surface area contributed by atoms with Crippen molar-refractivity contribution in [3.05, 3.63) is 59.0 Å². The summed E-state index contributed by atoms with van der Waals surface area (Å²) in [4.78, 5) is 23.9. The lowest BCUT2D eigenvalue weighted by Gasteiger charge is -2.01. The molecule has 2 N–H and O–H groups in total. The molecular weight excluding hydrogens is 396 g/mol. The van der Waals surface area contributed by atoms with E-state index in [9.17, 15) is 9.59 Å². The van der Waals surface area contributed by atoms with Crippen molar-refractivity contribution in [1.29, 1.82) is 0 Å². The summed E-state index contributed by atoms with van der Waals surface area (Å²) in [5.41, 5.74) is 0.469. The molecule has 7 nitrogen and oxygen atoms in total. The first kappa shape index (κ1) is 18.4. The van der Waals surface area contributed by atoms with Crippen LogP contribution in [0.3, 0.4) is 0 Å². The van der Waals surface area contributed by atoms with E-state index in [0.717, 1.165) is 0 Å². The van der Waals surface area contributed by atoms with Crippen molar-refractivity contribution in [3.63, 3.8) is 0 Å². The fraction of sp³-hybridized carbons (Fsp3) is 0.125. The van der Waals surface area contributed by atoms with Gasteiger partial charge in [0.25, 0.3) is 5.91 Å². The average molecular weight is 409 g/mol. The molecule has 3 aromatic rings. The molecule has 0 bridgehead atoms. The molecule has 0 unspecified atom stereocenters. The Morgan fingerprint density at radius 1 is 1.19 bits per heavy atom. The number of halogens is 1. The van der Waals surface area contributed by atoms with Crippen molar-refractivity contribution in [2.24, 2.45) is 0 Å². The lowest BCUT2D eigenvalue weighted by atomic mass is 10.2. The van der Waals surface area contributed by atoms with Gasteiger partial charge in [-0.3, -0.25) is 14.9 Å². The predicted molar refractivity (Wildman–Crippen MR) is 101 cm³/mol. The van der Waals surface area contributed by atoms with Crippen molar-refractivity contribution in [1.82, 2.24) is 15.5 Å². The monoisotopic (exact) mass is 408 g/mol. The summed E-state index contributed by atoms with van der Waals surface area (Å²) in [7, 11) is 0. The summed E-state index contributed by atoms with van der Waals surface area (Å²) in [6.07, 6.45) is 1.55. The largest absolute Gasteiger partial charge is 0.467 e. The molecule has 2 amide bonds. The third-order valence-corrected chi connectivity index (χ3v) is 5.32. The van der Waals surface area contributed by atoms with Gasteiger partial charge in [0.05, 0.1) is 18.6 Å². The molecule has 0 spiro atoms. The van der Waals surface area contributed by atoms with E-state index in [0.29, 0.717) is 32.4 Å². The third kappa shape index (κ3) is 5.32. The highest BCUT2D eigenvalue weighted by Gasteiger charge is 2.12. The van der Waals surface area contributed by atoms with E-state index in [-0.39, 0.29) is 17.6 Å². The zero-order chi connectivity index (χ0) is 18.4. The van der Waals surface area contributed by atoms with Crippen LogP contribution in [-0.4, -0.2) is 27.8 Å². The topological polar surface area (TPSA) is 97.1 Å². The first-order valence-electron chi connectivity index (χ1n) is 7.42. The summed E-state index contributed by atoms with van der Waals surface area (Å²) in [6, 6.07) is 10.1. The zero-order valence-corrected chi connectivity index (χ0v) is 15.7. The second kappa shape index (κ2) is 8.84. The minimum atomic E-state index is -0.300. The number of furan rings is 1. The molecule has 0 saturated heterocycles. The van der Waals surface area contributed by atoms with Crippen molar-refractivity contribution in [2.45, 2.75) is 10.9 Å². The number of aromatic nitrogens is 2. The Kier molecular flexibility index (Phi) is 6.26. The number of anilines is 1. The number of hydrogen-bond donors (Lipinski definition) is 2. The molecule has 0 saturated carbocycles. The van der Waals surface area contributed by atoms with Crippen molar-refractivity contribution in [2.75, 3.05) is 11.1 Å². The van der Waals surface area contributed by atoms with Crippen molar-refractivity contribution in [3.8, 4) is 0 Å². The quantitative estimate of drug-likeness (QED) is 0.459. The number of amides is 2. The van der Waals surface area contributed by atoms with Gasteiger partial charge in [-0.1, -0.05) is 34.7 Å². The number of carbonyl (C=O) groups is 2. The maximum absolute atomic E-state index is 12.1. The van der Waals surface area contributed by atoms with Gasteiger partial charge >= 0.3 is 0 Å². The van der Waals surface area contributed by atoms with Crippen molar-refractivity contribution < 1.29 is 14.0 Å². The Bertz CT molecular complexity index is 881. The molecule has 10 heteroatoms. The third-order valence-electron chi connectivity index (χ3n) is 3.10. The molecule has 0 aliphatic heterocycles. The van der Waals surface area contributed by atoms with Gasteiger partial charge in [0.15, 0.2) is 4.34 Å². The fourth-order valence-electron chi connectivity index (χ4n) is 1.87. The van der Waals surface area contributed by atoms with Gasteiger partial charge in [0.2, 0.25) is 11.0 Å². The number of hydrogen-bond acceptors (Lipinski definition) is 7. The molecule has 3 rings (SSSR count). The van der Waals surface area contributed by atoms with Crippen LogP contribution in [-0.2, 0) is 11.3 Å². The average Bonchev–Trinajstić information content (AvgIpc) is 3.30. The minimum absolute atomic E-state index is 0.145. The molecular formula is C16H13ClN4O3S2. The van der Waals surface area contributed by atoms with Crippen LogP contribution in [0.5, 0.6) is 0 Å². The van der Waals surface area contributed by atoms with E-state index in [2.05, 4.69) is 20.8 Å². The van der Waals surface area contributed by atoms with Crippen LogP contribution in [0, 0.1) is 0 Å². The highest BCUT2D eigenvalue weighted by atomic mass is 35.5. The Morgan fingerprint density at radius 2 is 2.00 bits per heavy atom. The fourth-order valence-corrected chi connectivity index (χ4v) is 3.57. The minimum Gasteiger partial charge on any atom is -0.467 e. The molecule has 26 heavy (non-hydrogen) atoms. The SMILES string of the molecule is O=C(CSc1nnc(NC(=O)c2ccc(Cl)cc2)s1)NCc1ccco1. The lowest BCUT2D eigenvalue weighted by Crippen LogP contribution is -2.24. The van der Waals surface area contributed by atoms with Crippen LogP contribution in [0.2, 0.25) is 5.02 Å². The summed E-state index contributed by atoms with van der Waals surface area (Å²) in [6.45, 7) is 0.338. The van der Waals surface area contributed by atoms with Gasteiger partial charge in [-0.15, -0.1) is 10.2 Å². The van der Waals surface area contributed by atoms with Gasteiger partial charge in [-0.2, -0.15) is 0 Å². The highest BCUT2D eigenvalue weighted by Crippen LogP contribution is 2.25. The van der Waals surface area contributed by atoms with E-state index in [1.54, 1.807) is 42.7 Å². The maximum atomic E-state index is 12.1. The summed E-state index contributed by atoms with van der Waals surface area (Å²) in [5.74, 6) is 0.436. The number of nitrogens with one attached hydrogen (secondary N) is 2. The van der Waals surface area contributed by atoms with Gasteiger partial charge in [0, 0.05) is 10.6 Å². The Labute approximate surface area is 162 Å². The van der Waals surface area contributed by atoms with E-state index in [1.165, 1.54) is 23.1 Å². The number of rotatable bonds is 7. The van der Waals surface area contributed by atoms with Crippen LogP contribution < -0.4 is 10.6 Å². The lowest BCUT2D eigenvalue weighted by molar-refractivity contribution is -0.118. The predicted octanol–water partition coefficient (Wildman–Crippen LogP) is 3.45. The molecule has 0 radical (unpaired) electrons. The molecule has 2 aromatic heterocycles. The van der Waals surface area contributed by atoms with Crippen LogP contribution in [0.15, 0.2) is 51.4 Å². The van der Waals surface area contributed by atoms with Crippen LogP contribution in [0.4, 0.5) is 5.13 Å². The standard InChI is InChI=1S/C16H13ClN4O3S2/c17-11-5-3-10(4-6-11)14(23)19-15-20-21-16(26-15)25-9-13(22)18-8-12-2-1-7-24-12/h1-7H,8-9H2,(H,18,22)(H,19,20,23). The number of carbonyl (C=O) groups excluding carboxylic acids is 2. The summed E-state index contributed by atoms with van der Waals surface area (Å²) in [5, 5.41) is 14.2. The Hall–Kier alpha value is -2.36. The molecule has 2 heterocycles. The van der Waals surface area contributed by atoms with Crippen LogP contribution in [0.1, 0.15) is 16.1 Å². The van der Waals surface area contributed by atoms with Gasteiger partial charge in [-0.25, -0.2) is 0 Å². The summed E-state index contributed by atoms with van der Waals surface area (Å²) < 4.78 is 5.73. The van der Waals surface area contributed by atoms with Gasteiger partial charge in [-0.05, 0) is 36.4 Å². The maximum Gasteiger partial charge on any atom is 0.257 e. The molecule has 134 valence electrons. The second-order valence-electron chi connectivity index (χ2n) is 4.98. The van der Waals surface area contributed by atoms with Crippen LogP contribution >= 0.6 is 34.7 Å². The Balaban J connectivity index is 1.46. The Morgan fingerprint density at radius 3 is 2.73 bits per heavy atom. The smallest absolute Gasteiger partial charge is 0.257 e. The molecule has 1 aromatic carbocycles. The highest BCUT2D eigenvalue weighted by molar-refractivity contribution is 8.01. The van der Waals surface area contributed by atoms with E-state index >= 15 is 0 Å². The molecule has 0 aliphatic carbocycles. The molecule has 0 fully saturated rings. The van der Waals surface area contributed by atoms with Crippen molar-refractivity contribution >= 4 is 51.6 Å². The first-order chi connectivity index (χ1) is 12.6. The van der Waals surface area contributed by atoms with E-state index in [1.807, 2.05) is 0 Å². The summed E-state index contributed by atoms with van der Waals surface area (Å²) >= 11 is 8.24.